The van der Waals surface area contributed by atoms with Gasteiger partial charge in [0, 0.05) is 7.05 Å². The lowest BCUT2D eigenvalue weighted by molar-refractivity contribution is 0.275. The van der Waals surface area contributed by atoms with E-state index in [9.17, 15) is 0 Å². The third-order valence-corrected chi connectivity index (χ3v) is 2.67. The van der Waals surface area contributed by atoms with Crippen molar-refractivity contribution in [2.75, 3.05) is 0 Å². The Kier molecular flexibility index (Phi) is 3.31. The van der Waals surface area contributed by atoms with E-state index in [-0.39, 0.29) is 6.61 Å². The van der Waals surface area contributed by atoms with Gasteiger partial charge in [-0.25, -0.2) is 0 Å². The Morgan fingerprint density at radius 1 is 1.19 bits per heavy atom. The number of benzene rings is 1. The third kappa shape index (κ3) is 2.28. The summed E-state index contributed by atoms with van der Waals surface area (Å²) < 4.78 is 1.73. The molecule has 0 aliphatic carbocycles. The Bertz CT molecular complexity index is 451. The fraction of sp³-hybridized carbons (Fsp3) is 0.333. The molecule has 2 aromatic rings. The van der Waals surface area contributed by atoms with Crippen LogP contribution < -0.4 is 0 Å². The van der Waals surface area contributed by atoms with Crippen molar-refractivity contribution in [3.63, 3.8) is 0 Å². The summed E-state index contributed by atoms with van der Waals surface area (Å²) in [6, 6.07) is 10.3. The van der Waals surface area contributed by atoms with E-state index in [0.29, 0.717) is 5.69 Å². The smallest absolute Gasteiger partial charge is 0.111 e. The number of rotatable bonds is 4. The summed E-state index contributed by atoms with van der Waals surface area (Å²) in [5, 5.41) is 16.9. The maximum Gasteiger partial charge on any atom is 0.111 e. The van der Waals surface area contributed by atoms with Gasteiger partial charge in [0.15, 0.2) is 0 Å². The van der Waals surface area contributed by atoms with Crippen molar-refractivity contribution in [2.24, 2.45) is 7.05 Å². The van der Waals surface area contributed by atoms with Crippen molar-refractivity contribution in [2.45, 2.75) is 19.4 Å². The molecule has 4 nitrogen and oxygen atoms in total. The molecule has 0 aliphatic heterocycles. The molecule has 0 radical (unpaired) electrons. The molecule has 0 atom stereocenters. The fourth-order valence-electron chi connectivity index (χ4n) is 1.76. The lowest BCUT2D eigenvalue weighted by Crippen LogP contribution is -2.03. The van der Waals surface area contributed by atoms with Crippen LogP contribution in [0.5, 0.6) is 0 Å². The van der Waals surface area contributed by atoms with Gasteiger partial charge in [-0.1, -0.05) is 35.5 Å². The molecule has 84 valence electrons. The molecule has 1 aromatic heterocycles. The van der Waals surface area contributed by atoms with Crippen LogP contribution in [-0.4, -0.2) is 20.1 Å². The van der Waals surface area contributed by atoms with E-state index < -0.39 is 0 Å². The largest absolute Gasteiger partial charge is 0.390 e. The molecule has 0 saturated heterocycles. The number of aliphatic hydroxyl groups is 1. The second-order valence-electron chi connectivity index (χ2n) is 3.75. The topological polar surface area (TPSA) is 50.9 Å². The predicted molar refractivity (Wildman–Crippen MR) is 60.8 cm³/mol. The number of hydrogen-bond donors (Lipinski definition) is 1. The maximum atomic E-state index is 9.11. The van der Waals surface area contributed by atoms with Crippen LogP contribution in [0.25, 0.3) is 0 Å². The minimum Gasteiger partial charge on any atom is -0.390 e. The van der Waals surface area contributed by atoms with Crippen LogP contribution in [0.4, 0.5) is 0 Å². The monoisotopic (exact) mass is 217 g/mol. The number of nitrogens with zero attached hydrogens (tertiary/aromatic N) is 3. The molecule has 2 rings (SSSR count). The SMILES string of the molecule is Cn1nnc(CO)c1CCc1ccccc1. The fourth-order valence-corrected chi connectivity index (χ4v) is 1.76. The van der Waals surface area contributed by atoms with Gasteiger partial charge < -0.3 is 5.11 Å². The van der Waals surface area contributed by atoms with E-state index in [0.717, 1.165) is 18.5 Å². The van der Waals surface area contributed by atoms with Crippen molar-refractivity contribution in [1.82, 2.24) is 15.0 Å². The lowest BCUT2D eigenvalue weighted by atomic mass is 10.1. The van der Waals surface area contributed by atoms with Crippen molar-refractivity contribution in [3.8, 4) is 0 Å². The van der Waals surface area contributed by atoms with Crippen LogP contribution in [0.15, 0.2) is 30.3 Å². The average molecular weight is 217 g/mol. The highest BCUT2D eigenvalue weighted by molar-refractivity contribution is 5.17. The van der Waals surface area contributed by atoms with Crippen molar-refractivity contribution in [3.05, 3.63) is 47.3 Å². The van der Waals surface area contributed by atoms with Gasteiger partial charge in [-0.15, -0.1) is 5.10 Å². The minimum absolute atomic E-state index is 0.0437. The first-order chi connectivity index (χ1) is 7.81. The first-order valence-corrected chi connectivity index (χ1v) is 5.33. The molecular formula is C12H15N3O. The van der Waals surface area contributed by atoms with Crippen LogP contribution in [0, 0.1) is 0 Å². The molecule has 1 heterocycles. The Labute approximate surface area is 94.5 Å². The Hall–Kier alpha value is -1.68. The van der Waals surface area contributed by atoms with Crippen LogP contribution in [-0.2, 0) is 26.5 Å². The summed E-state index contributed by atoms with van der Waals surface area (Å²) in [7, 11) is 1.85. The van der Waals surface area contributed by atoms with E-state index in [1.165, 1.54) is 5.56 Å². The molecule has 0 unspecified atom stereocenters. The van der Waals surface area contributed by atoms with Gasteiger partial charge in [0.05, 0.1) is 12.3 Å². The van der Waals surface area contributed by atoms with Crippen molar-refractivity contribution >= 4 is 0 Å². The van der Waals surface area contributed by atoms with Crippen LogP contribution in [0.3, 0.4) is 0 Å². The molecule has 0 aliphatic rings. The maximum absolute atomic E-state index is 9.11. The number of aromatic nitrogens is 3. The van der Waals surface area contributed by atoms with Gasteiger partial charge in [0.2, 0.25) is 0 Å². The first-order valence-electron chi connectivity index (χ1n) is 5.33. The zero-order chi connectivity index (χ0) is 11.4. The summed E-state index contributed by atoms with van der Waals surface area (Å²) >= 11 is 0. The molecule has 4 heteroatoms. The van der Waals surface area contributed by atoms with E-state index in [2.05, 4.69) is 22.4 Å². The minimum atomic E-state index is -0.0437. The Morgan fingerprint density at radius 2 is 1.94 bits per heavy atom. The van der Waals surface area contributed by atoms with Crippen LogP contribution >= 0.6 is 0 Å². The van der Waals surface area contributed by atoms with E-state index in [1.807, 2.05) is 25.2 Å². The van der Waals surface area contributed by atoms with Gasteiger partial charge in [0.25, 0.3) is 0 Å². The van der Waals surface area contributed by atoms with Crippen molar-refractivity contribution < 1.29 is 5.11 Å². The zero-order valence-corrected chi connectivity index (χ0v) is 9.30. The first kappa shape index (κ1) is 10.8. The second kappa shape index (κ2) is 4.90. The standard InChI is InChI=1S/C12H15N3O/c1-15-12(11(9-16)13-14-15)8-7-10-5-3-2-4-6-10/h2-6,16H,7-9H2,1H3. The molecule has 1 N–H and O–H groups in total. The summed E-state index contributed by atoms with van der Waals surface area (Å²) in [6.07, 6.45) is 1.79. The summed E-state index contributed by atoms with van der Waals surface area (Å²) in [6.45, 7) is -0.0437. The summed E-state index contributed by atoms with van der Waals surface area (Å²) in [4.78, 5) is 0. The average Bonchev–Trinajstić information content (AvgIpc) is 2.69. The van der Waals surface area contributed by atoms with Gasteiger partial charge in [-0.2, -0.15) is 0 Å². The van der Waals surface area contributed by atoms with E-state index in [4.69, 9.17) is 5.11 Å². The number of aliphatic hydroxyl groups excluding tert-OH is 1. The molecule has 1 aromatic carbocycles. The number of hydrogen-bond acceptors (Lipinski definition) is 3. The molecule has 0 fully saturated rings. The highest BCUT2D eigenvalue weighted by Crippen LogP contribution is 2.09. The zero-order valence-electron chi connectivity index (χ0n) is 9.30. The van der Waals surface area contributed by atoms with Crippen molar-refractivity contribution in [1.29, 1.82) is 0 Å². The van der Waals surface area contributed by atoms with Crippen LogP contribution in [0.1, 0.15) is 17.0 Å². The highest BCUT2D eigenvalue weighted by atomic mass is 16.3. The van der Waals surface area contributed by atoms with Gasteiger partial charge in [-0.3, -0.25) is 4.68 Å². The Morgan fingerprint density at radius 3 is 2.62 bits per heavy atom. The summed E-state index contributed by atoms with van der Waals surface area (Å²) in [5.74, 6) is 0. The van der Waals surface area contributed by atoms with Gasteiger partial charge in [-0.05, 0) is 18.4 Å². The second-order valence-corrected chi connectivity index (χ2v) is 3.75. The molecule has 0 bridgehead atoms. The molecule has 0 amide bonds. The van der Waals surface area contributed by atoms with E-state index >= 15 is 0 Å². The molecular weight excluding hydrogens is 202 g/mol. The lowest BCUT2D eigenvalue weighted by Gasteiger charge is -2.03. The highest BCUT2D eigenvalue weighted by Gasteiger charge is 2.09. The quantitative estimate of drug-likeness (QED) is 0.834. The molecule has 16 heavy (non-hydrogen) atoms. The third-order valence-electron chi connectivity index (χ3n) is 2.67. The van der Waals surface area contributed by atoms with Gasteiger partial charge >= 0.3 is 0 Å². The molecule has 0 saturated carbocycles. The van der Waals surface area contributed by atoms with Crippen LogP contribution in [0.2, 0.25) is 0 Å². The predicted octanol–water partition coefficient (Wildman–Crippen LogP) is 1.09. The van der Waals surface area contributed by atoms with E-state index in [1.54, 1.807) is 4.68 Å². The summed E-state index contributed by atoms with van der Waals surface area (Å²) in [5.41, 5.74) is 2.97. The Balaban J connectivity index is 2.07. The number of aryl methyl sites for hydroxylation is 2. The molecule has 0 spiro atoms. The van der Waals surface area contributed by atoms with Gasteiger partial charge in [0.1, 0.15) is 5.69 Å². The normalized spacial score (nSPS) is 10.6.